The van der Waals surface area contributed by atoms with Crippen LogP contribution in [0.3, 0.4) is 0 Å². The Morgan fingerprint density at radius 2 is 1.88 bits per heavy atom. The largest absolute Gasteiger partial charge is 0.495 e. The Hall–Kier alpha value is -1.80. The second-order valence-electron chi connectivity index (χ2n) is 5.52. The average molecular weight is 417 g/mol. The van der Waals surface area contributed by atoms with Gasteiger partial charge in [0.25, 0.3) is 0 Å². The first-order valence-corrected chi connectivity index (χ1v) is 10.1. The number of carbonyl (C=O) groups excluding carboxylic acids is 1. The molecule has 1 amide bonds. The Morgan fingerprint density at radius 3 is 2.50 bits per heavy atom. The Balaban J connectivity index is 2.17. The Bertz CT molecular complexity index is 903. The number of benzene rings is 2. The fourth-order valence-corrected chi connectivity index (χ4v) is 3.33. The number of sulfonamides is 1. The fraction of sp³-hybridized carbons (Fsp3) is 0.235. The summed E-state index contributed by atoms with van der Waals surface area (Å²) >= 11 is 12.0. The Labute approximate surface area is 162 Å². The monoisotopic (exact) mass is 416 g/mol. The van der Waals surface area contributed by atoms with Gasteiger partial charge >= 0.3 is 0 Å². The lowest BCUT2D eigenvalue weighted by Gasteiger charge is -2.20. The third kappa shape index (κ3) is 5.60. The molecule has 0 unspecified atom stereocenters. The molecule has 26 heavy (non-hydrogen) atoms. The number of rotatable bonds is 7. The summed E-state index contributed by atoms with van der Waals surface area (Å²) in [7, 11) is -2.18. The van der Waals surface area contributed by atoms with Crippen LogP contribution in [0.15, 0.2) is 42.5 Å². The van der Waals surface area contributed by atoms with Gasteiger partial charge in [0.15, 0.2) is 0 Å². The summed E-state index contributed by atoms with van der Waals surface area (Å²) in [5.74, 6) is -0.109. The van der Waals surface area contributed by atoms with Gasteiger partial charge in [-0.3, -0.25) is 4.79 Å². The number of hydrogen-bond acceptors (Lipinski definition) is 4. The lowest BCUT2D eigenvalue weighted by Crippen LogP contribution is -2.37. The zero-order valence-corrected chi connectivity index (χ0v) is 16.5. The summed E-state index contributed by atoms with van der Waals surface area (Å²) in [4.78, 5) is 12.4. The number of methoxy groups -OCH3 is 1. The molecular formula is C17H18Cl2N2O4S. The van der Waals surface area contributed by atoms with Gasteiger partial charge in [-0.25, -0.2) is 8.42 Å². The second-order valence-corrected chi connectivity index (χ2v) is 8.34. The van der Waals surface area contributed by atoms with Crippen LogP contribution in [-0.2, 0) is 21.4 Å². The molecule has 0 aromatic heterocycles. The van der Waals surface area contributed by atoms with E-state index >= 15 is 0 Å². The number of amides is 1. The van der Waals surface area contributed by atoms with E-state index in [0.717, 1.165) is 10.6 Å². The van der Waals surface area contributed by atoms with Gasteiger partial charge in [-0.05, 0) is 29.8 Å². The summed E-state index contributed by atoms with van der Waals surface area (Å²) in [6.45, 7) is -0.391. The van der Waals surface area contributed by atoms with E-state index in [2.05, 4.69) is 5.32 Å². The minimum atomic E-state index is -3.63. The molecule has 6 nitrogen and oxygen atoms in total. The number of carbonyl (C=O) groups is 1. The van der Waals surface area contributed by atoms with E-state index in [1.54, 1.807) is 36.4 Å². The Morgan fingerprint density at radius 1 is 1.19 bits per heavy atom. The highest BCUT2D eigenvalue weighted by Gasteiger charge is 2.22. The summed E-state index contributed by atoms with van der Waals surface area (Å²) in [5, 5.41) is 3.46. The highest BCUT2D eigenvalue weighted by Crippen LogP contribution is 2.27. The van der Waals surface area contributed by atoms with E-state index in [1.165, 1.54) is 13.2 Å². The standard InChI is InChI=1S/C17H18Cl2N2O4S/c1-25-16-8-7-13(18)9-15(16)20-17(22)11-21(26(2,23)24)10-12-5-3-4-6-14(12)19/h3-9H,10-11H2,1-2H3,(H,20,22). The maximum atomic E-state index is 12.4. The molecule has 0 aliphatic rings. The van der Waals surface area contributed by atoms with Crippen molar-refractivity contribution in [1.29, 1.82) is 0 Å². The summed E-state index contributed by atoms with van der Waals surface area (Å²) < 4.78 is 30.3. The molecule has 0 saturated heterocycles. The van der Waals surface area contributed by atoms with Crippen molar-refractivity contribution < 1.29 is 17.9 Å². The van der Waals surface area contributed by atoms with Crippen LogP contribution in [0.2, 0.25) is 10.0 Å². The zero-order chi connectivity index (χ0) is 19.3. The van der Waals surface area contributed by atoms with Crippen molar-refractivity contribution in [2.24, 2.45) is 0 Å². The number of hydrogen-bond donors (Lipinski definition) is 1. The van der Waals surface area contributed by atoms with E-state index in [0.29, 0.717) is 27.0 Å². The van der Waals surface area contributed by atoms with E-state index in [9.17, 15) is 13.2 Å². The van der Waals surface area contributed by atoms with E-state index < -0.39 is 15.9 Å². The highest BCUT2D eigenvalue weighted by atomic mass is 35.5. The van der Waals surface area contributed by atoms with Gasteiger partial charge < -0.3 is 10.1 Å². The summed E-state index contributed by atoms with van der Waals surface area (Å²) in [6.07, 6.45) is 1.04. The topological polar surface area (TPSA) is 75.7 Å². The molecule has 9 heteroatoms. The van der Waals surface area contributed by atoms with Crippen LogP contribution in [-0.4, -0.2) is 38.5 Å². The first kappa shape index (κ1) is 20.5. The van der Waals surface area contributed by atoms with Crippen LogP contribution in [0, 0.1) is 0 Å². The number of nitrogens with zero attached hydrogens (tertiary/aromatic N) is 1. The average Bonchev–Trinajstić information content (AvgIpc) is 2.55. The van der Waals surface area contributed by atoms with Gasteiger partial charge in [-0.15, -0.1) is 0 Å². The normalized spacial score (nSPS) is 11.4. The molecule has 2 aromatic carbocycles. The van der Waals surface area contributed by atoms with Crippen molar-refractivity contribution >= 4 is 44.8 Å². The number of ether oxygens (including phenoxy) is 1. The SMILES string of the molecule is COc1ccc(Cl)cc1NC(=O)CN(Cc1ccccc1Cl)S(C)(=O)=O. The molecule has 2 rings (SSSR count). The molecule has 0 bridgehead atoms. The lowest BCUT2D eigenvalue weighted by atomic mass is 10.2. The van der Waals surface area contributed by atoms with E-state index in [1.807, 2.05) is 0 Å². The van der Waals surface area contributed by atoms with Gasteiger partial charge in [-0.2, -0.15) is 4.31 Å². The molecule has 0 spiro atoms. The molecule has 0 heterocycles. The first-order chi connectivity index (χ1) is 12.2. The summed E-state index contributed by atoms with van der Waals surface area (Å²) in [5.41, 5.74) is 0.962. The van der Waals surface area contributed by atoms with E-state index in [4.69, 9.17) is 27.9 Å². The molecule has 0 aliphatic carbocycles. The van der Waals surface area contributed by atoms with E-state index in [-0.39, 0.29) is 13.1 Å². The number of halogens is 2. The van der Waals surface area contributed by atoms with Crippen molar-refractivity contribution in [2.45, 2.75) is 6.54 Å². The molecule has 0 aliphatic heterocycles. The zero-order valence-electron chi connectivity index (χ0n) is 14.2. The fourth-order valence-electron chi connectivity index (χ4n) is 2.23. The Kier molecular flexibility index (Phi) is 6.88. The van der Waals surface area contributed by atoms with Crippen molar-refractivity contribution in [3.63, 3.8) is 0 Å². The van der Waals surface area contributed by atoms with Gasteiger partial charge in [-0.1, -0.05) is 41.4 Å². The predicted molar refractivity (Wildman–Crippen MR) is 103 cm³/mol. The molecule has 0 saturated carbocycles. The molecular weight excluding hydrogens is 399 g/mol. The third-order valence-electron chi connectivity index (χ3n) is 3.53. The van der Waals surface area contributed by atoms with Crippen LogP contribution in [0.1, 0.15) is 5.56 Å². The predicted octanol–water partition coefficient (Wildman–Crippen LogP) is 3.40. The number of nitrogens with one attached hydrogen (secondary N) is 1. The second kappa shape index (κ2) is 8.73. The van der Waals surface area contributed by atoms with Crippen molar-refractivity contribution in [2.75, 3.05) is 25.2 Å². The van der Waals surface area contributed by atoms with Crippen LogP contribution < -0.4 is 10.1 Å². The molecule has 0 radical (unpaired) electrons. The van der Waals surface area contributed by atoms with Crippen LogP contribution in [0.25, 0.3) is 0 Å². The molecule has 1 N–H and O–H groups in total. The minimum absolute atomic E-state index is 0.0153. The van der Waals surface area contributed by atoms with Crippen LogP contribution in [0.5, 0.6) is 5.75 Å². The highest BCUT2D eigenvalue weighted by molar-refractivity contribution is 7.88. The molecule has 140 valence electrons. The molecule has 2 aromatic rings. The summed E-state index contributed by atoms with van der Waals surface area (Å²) in [6, 6.07) is 11.6. The van der Waals surface area contributed by atoms with Crippen LogP contribution >= 0.6 is 23.2 Å². The van der Waals surface area contributed by atoms with Gasteiger partial charge in [0.1, 0.15) is 5.75 Å². The van der Waals surface area contributed by atoms with Crippen molar-refractivity contribution in [3.8, 4) is 5.75 Å². The maximum Gasteiger partial charge on any atom is 0.239 e. The van der Waals surface area contributed by atoms with Gasteiger partial charge in [0, 0.05) is 16.6 Å². The van der Waals surface area contributed by atoms with Crippen molar-refractivity contribution in [1.82, 2.24) is 4.31 Å². The molecule has 0 fully saturated rings. The third-order valence-corrected chi connectivity index (χ3v) is 5.33. The minimum Gasteiger partial charge on any atom is -0.495 e. The number of anilines is 1. The smallest absolute Gasteiger partial charge is 0.239 e. The first-order valence-electron chi connectivity index (χ1n) is 7.52. The van der Waals surface area contributed by atoms with Crippen molar-refractivity contribution in [3.05, 3.63) is 58.1 Å². The maximum absolute atomic E-state index is 12.4. The van der Waals surface area contributed by atoms with Gasteiger partial charge in [0.05, 0.1) is 25.6 Å². The molecule has 0 atom stereocenters. The van der Waals surface area contributed by atoms with Crippen LogP contribution in [0.4, 0.5) is 5.69 Å². The lowest BCUT2D eigenvalue weighted by molar-refractivity contribution is -0.116. The van der Waals surface area contributed by atoms with Gasteiger partial charge in [0.2, 0.25) is 15.9 Å². The quantitative estimate of drug-likeness (QED) is 0.749.